The van der Waals surface area contributed by atoms with Gasteiger partial charge in [-0.05, 0) is 36.1 Å². The summed E-state index contributed by atoms with van der Waals surface area (Å²) in [6.07, 6.45) is 0. The van der Waals surface area contributed by atoms with Crippen molar-refractivity contribution < 1.29 is 5.11 Å². The Morgan fingerprint density at radius 1 is 1.13 bits per heavy atom. The molecule has 0 fully saturated rings. The average Bonchev–Trinajstić information content (AvgIpc) is 2.89. The van der Waals surface area contributed by atoms with E-state index in [0.29, 0.717) is 22.2 Å². The third-order valence-electron chi connectivity index (χ3n) is 3.58. The van der Waals surface area contributed by atoms with E-state index in [1.54, 1.807) is 18.2 Å². The lowest BCUT2D eigenvalue weighted by Gasteiger charge is -2.23. The molecule has 2 aromatic rings. The molecule has 0 aromatic heterocycles. The van der Waals surface area contributed by atoms with Crippen molar-refractivity contribution >= 4 is 40.7 Å². The van der Waals surface area contributed by atoms with Gasteiger partial charge in [0.1, 0.15) is 5.03 Å². The van der Waals surface area contributed by atoms with Crippen LogP contribution in [-0.2, 0) is 6.54 Å². The monoisotopic (exact) mass is 363 g/mol. The van der Waals surface area contributed by atoms with E-state index in [-0.39, 0.29) is 5.76 Å². The molecule has 0 bridgehead atoms. The number of nitrogens with zero attached hydrogens (tertiary/aromatic N) is 1. The maximum Gasteiger partial charge on any atom is 0.154 e. The van der Waals surface area contributed by atoms with Gasteiger partial charge in [0.2, 0.25) is 0 Å². The van der Waals surface area contributed by atoms with Crippen LogP contribution in [0.15, 0.2) is 64.7 Å². The van der Waals surface area contributed by atoms with E-state index >= 15 is 0 Å². The molecule has 0 unspecified atom stereocenters. The lowest BCUT2D eigenvalue weighted by molar-refractivity contribution is 0.429. The number of allylic oxidation sites excluding steroid dienone is 1. The summed E-state index contributed by atoms with van der Waals surface area (Å²) in [6, 6.07) is 15.3. The fraction of sp³-hybridized carbons (Fsp3) is 0.111. The van der Waals surface area contributed by atoms with Gasteiger partial charge >= 0.3 is 0 Å². The van der Waals surface area contributed by atoms with Crippen molar-refractivity contribution in [1.29, 1.82) is 0 Å². The maximum atomic E-state index is 10.7. The maximum absolute atomic E-state index is 10.7. The van der Waals surface area contributed by atoms with Gasteiger partial charge in [-0.2, -0.15) is 0 Å². The number of hydrogen-bond acceptors (Lipinski definition) is 3. The second kappa shape index (κ2) is 6.91. The Kier molecular flexibility index (Phi) is 4.90. The predicted octanol–water partition coefficient (Wildman–Crippen LogP) is 6.29. The van der Waals surface area contributed by atoms with Gasteiger partial charge in [-0.25, -0.2) is 0 Å². The molecule has 1 aliphatic heterocycles. The van der Waals surface area contributed by atoms with Gasteiger partial charge in [0, 0.05) is 22.8 Å². The van der Waals surface area contributed by atoms with Crippen molar-refractivity contribution in [3.8, 4) is 0 Å². The summed E-state index contributed by atoms with van der Waals surface area (Å²) in [6.45, 7) is 2.72. The normalized spacial score (nSPS) is 16.5. The molecule has 0 radical (unpaired) electrons. The Labute approximate surface area is 150 Å². The minimum absolute atomic E-state index is 0.167. The zero-order chi connectivity index (χ0) is 16.4. The van der Waals surface area contributed by atoms with E-state index in [1.165, 1.54) is 17.3 Å². The van der Waals surface area contributed by atoms with E-state index in [0.717, 1.165) is 10.7 Å². The van der Waals surface area contributed by atoms with Gasteiger partial charge in [0.15, 0.2) is 5.76 Å². The quantitative estimate of drug-likeness (QED) is 0.648. The summed E-state index contributed by atoms with van der Waals surface area (Å²) in [5, 5.41) is 14.5. The van der Waals surface area contributed by atoms with Crippen LogP contribution in [0.2, 0.25) is 10.0 Å². The van der Waals surface area contributed by atoms with Crippen LogP contribution < -0.4 is 0 Å². The van der Waals surface area contributed by atoms with E-state index in [9.17, 15) is 5.11 Å². The van der Waals surface area contributed by atoms with E-state index in [1.807, 2.05) is 30.5 Å². The highest BCUT2D eigenvalue weighted by Crippen LogP contribution is 2.41. The summed E-state index contributed by atoms with van der Waals surface area (Å²) in [5.41, 5.74) is 2.85. The molecule has 118 valence electrons. The molecular weight excluding hydrogens is 349 g/mol. The Morgan fingerprint density at radius 2 is 1.87 bits per heavy atom. The van der Waals surface area contributed by atoms with Gasteiger partial charge in [-0.15, -0.1) is 0 Å². The fourth-order valence-corrected chi connectivity index (χ4v) is 3.84. The first-order chi connectivity index (χ1) is 11.1. The first kappa shape index (κ1) is 16.3. The summed E-state index contributed by atoms with van der Waals surface area (Å²) < 4.78 is 0. The first-order valence-electron chi connectivity index (χ1n) is 7.10. The Morgan fingerprint density at radius 3 is 2.57 bits per heavy atom. The molecule has 2 aromatic carbocycles. The van der Waals surface area contributed by atoms with Crippen molar-refractivity contribution in [2.45, 2.75) is 13.5 Å². The smallest absolute Gasteiger partial charge is 0.154 e. The van der Waals surface area contributed by atoms with Crippen LogP contribution in [0.5, 0.6) is 0 Å². The minimum Gasteiger partial charge on any atom is -0.505 e. The van der Waals surface area contributed by atoms with Gasteiger partial charge in [-0.3, -0.25) is 0 Å². The summed E-state index contributed by atoms with van der Waals surface area (Å²) in [5.74, 6) is 0.167. The van der Waals surface area contributed by atoms with E-state index < -0.39 is 0 Å². The van der Waals surface area contributed by atoms with Crippen LogP contribution in [0.4, 0.5) is 0 Å². The molecule has 1 N–H and O–H groups in total. The second-order valence-electron chi connectivity index (χ2n) is 5.23. The second-order valence-corrected chi connectivity index (χ2v) is 6.93. The number of halogens is 2. The number of hydrogen-bond donors (Lipinski definition) is 1. The largest absolute Gasteiger partial charge is 0.505 e. The van der Waals surface area contributed by atoms with E-state index in [4.69, 9.17) is 23.2 Å². The average molecular weight is 364 g/mol. The molecular formula is C18H15Cl2NOS. The predicted molar refractivity (Wildman–Crippen MR) is 99.3 cm³/mol. The van der Waals surface area contributed by atoms with Crippen LogP contribution in [0, 0.1) is 0 Å². The molecule has 3 rings (SSSR count). The van der Waals surface area contributed by atoms with Crippen LogP contribution >= 0.6 is 35.0 Å². The molecule has 1 heterocycles. The molecule has 1 aliphatic rings. The van der Waals surface area contributed by atoms with Crippen LogP contribution in [0.25, 0.3) is 5.76 Å². The molecule has 0 spiro atoms. The highest BCUT2D eigenvalue weighted by molar-refractivity contribution is 8.06. The zero-order valence-electron chi connectivity index (χ0n) is 12.5. The number of thioether (sulfide) groups is 1. The van der Waals surface area contributed by atoms with Crippen LogP contribution in [0.3, 0.4) is 0 Å². The number of aliphatic hydroxyl groups is 1. The first-order valence-corrected chi connectivity index (χ1v) is 8.73. The molecule has 0 saturated carbocycles. The third-order valence-corrected chi connectivity index (χ3v) is 5.23. The lowest BCUT2D eigenvalue weighted by Crippen LogP contribution is -2.17. The molecule has 0 saturated heterocycles. The fourth-order valence-electron chi connectivity index (χ4n) is 2.37. The van der Waals surface area contributed by atoms with Gasteiger partial charge < -0.3 is 10.0 Å². The van der Waals surface area contributed by atoms with Gasteiger partial charge in [-0.1, -0.05) is 65.3 Å². The van der Waals surface area contributed by atoms with Gasteiger partial charge in [0.25, 0.3) is 0 Å². The third kappa shape index (κ3) is 3.52. The Bertz CT molecular complexity index is 787. The lowest BCUT2D eigenvalue weighted by atomic mass is 10.1. The standard InChI is InChI=1S/C18H15Cl2NOS/c1-12-11-23-18(21(12)10-13-5-3-2-4-6-13)17(22)15-8-7-14(19)9-16(15)20/h2-9,11,22H,10H2,1H3/b18-17+. The number of rotatable bonds is 3. The molecule has 0 aliphatic carbocycles. The van der Waals surface area contributed by atoms with E-state index in [2.05, 4.69) is 17.0 Å². The number of aliphatic hydroxyl groups excluding tert-OH is 1. The van der Waals surface area contributed by atoms with Crippen molar-refractivity contribution in [3.63, 3.8) is 0 Å². The summed E-state index contributed by atoms with van der Waals surface area (Å²) in [7, 11) is 0. The molecule has 23 heavy (non-hydrogen) atoms. The molecule has 0 atom stereocenters. The van der Waals surface area contributed by atoms with Crippen LogP contribution in [0.1, 0.15) is 18.1 Å². The summed E-state index contributed by atoms with van der Waals surface area (Å²) >= 11 is 13.7. The topological polar surface area (TPSA) is 23.5 Å². The summed E-state index contributed by atoms with van der Waals surface area (Å²) in [4.78, 5) is 2.08. The SMILES string of the molecule is CC1=CS/C(=C(/O)c2ccc(Cl)cc2Cl)N1Cc1ccccc1. The van der Waals surface area contributed by atoms with Crippen LogP contribution in [-0.4, -0.2) is 10.0 Å². The zero-order valence-corrected chi connectivity index (χ0v) is 14.8. The van der Waals surface area contributed by atoms with Crippen molar-refractivity contribution in [1.82, 2.24) is 4.90 Å². The molecule has 0 amide bonds. The molecule has 2 nitrogen and oxygen atoms in total. The molecule has 5 heteroatoms. The highest BCUT2D eigenvalue weighted by Gasteiger charge is 2.24. The Balaban J connectivity index is 1.96. The van der Waals surface area contributed by atoms with Gasteiger partial charge in [0.05, 0.1) is 5.02 Å². The van der Waals surface area contributed by atoms with Crippen molar-refractivity contribution in [2.24, 2.45) is 0 Å². The van der Waals surface area contributed by atoms with Crippen molar-refractivity contribution in [2.75, 3.05) is 0 Å². The minimum atomic E-state index is 0.167. The Hall–Kier alpha value is -1.55. The number of benzene rings is 2. The highest BCUT2D eigenvalue weighted by atomic mass is 35.5. The van der Waals surface area contributed by atoms with Crippen molar-refractivity contribution in [3.05, 3.63) is 85.8 Å².